The Balaban J connectivity index is 2.52. The van der Waals surface area contributed by atoms with E-state index in [2.05, 4.69) is 29.2 Å². The largest absolute Gasteiger partial charge is 0.293 e. The van der Waals surface area contributed by atoms with Crippen molar-refractivity contribution in [3.8, 4) is 0 Å². The lowest BCUT2D eigenvalue weighted by Crippen LogP contribution is -2.02. The molecule has 1 rings (SSSR count). The highest BCUT2D eigenvalue weighted by atomic mass is 127. The first-order valence-corrected chi connectivity index (χ1v) is 6.45. The van der Waals surface area contributed by atoms with Crippen LogP contribution in [0.3, 0.4) is 0 Å². The van der Waals surface area contributed by atoms with Crippen molar-refractivity contribution in [2.24, 2.45) is 0 Å². The van der Waals surface area contributed by atoms with Crippen LogP contribution in [0.15, 0.2) is 36.9 Å². The van der Waals surface area contributed by atoms with Crippen molar-refractivity contribution >= 4 is 40.1 Å². The van der Waals surface area contributed by atoms with E-state index in [-0.39, 0.29) is 5.78 Å². The van der Waals surface area contributed by atoms with Crippen molar-refractivity contribution < 1.29 is 4.79 Å². The fourth-order valence-electron chi connectivity index (χ4n) is 0.954. The molecule has 74 valence electrons. The zero-order valence-corrected chi connectivity index (χ0v) is 10.7. The molecule has 0 atom stereocenters. The minimum atomic E-state index is 0.188. The predicted molar refractivity (Wildman–Crippen MR) is 71.0 cm³/mol. The second-order valence-corrected chi connectivity index (χ2v) is 5.01. The summed E-state index contributed by atoms with van der Waals surface area (Å²) in [6.45, 7) is 3.61. The van der Waals surface area contributed by atoms with E-state index >= 15 is 0 Å². The highest BCUT2D eigenvalue weighted by molar-refractivity contribution is 14.1. The van der Waals surface area contributed by atoms with E-state index in [0.717, 1.165) is 14.9 Å². The molecule has 0 radical (unpaired) electrons. The molecule has 0 aliphatic carbocycles. The Morgan fingerprint density at radius 3 is 2.64 bits per heavy atom. The minimum Gasteiger partial charge on any atom is -0.293 e. The first kappa shape index (κ1) is 11.8. The van der Waals surface area contributed by atoms with E-state index in [4.69, 9.17) is 0 Å². The van der Waals surface area contributed by atoms with Crippen LogP contribution in [0.5, 0.6) is 0 Å². The molecule has 1 nitrogen and oxygen atoms in total. The molecule has 1 aromatic carbocycles. The van der Waals surface area contributed by atoms with Gasteiger partial charge in [0.2, 0.25) is 0 Å². The normalized spacial score (nSPS) is 9.79. The molecule has 0 aliphatic heterocycles. The van der Waals surface area contributed by atoms with Gasteiger partial charge in [-0.2, -0.15) is 0 Å². The summed E-state index contributed by atoms with van der Waals surface area (Å²) >= 11 is 3.82. The number of rotatable bonds is 5. The Morgan fingerprint density at radius 2 is 2.07 bits per heavy atom. The molecule has 1 aromatic rings. The third-order valence-corrected chi connectivity index (χ3v) is 3.29. The fourth-order valence-corrected chi connectivity index (χ4v) is 1.95. The molecule has 0 spiro atoms. The molecule has 3 heteroatoms. The van der Waals surface area contributed by atoms with Gasteiger partial charge in [0.25, 0.3) is 0 Å². The average Bonchev–Trinajstić information content (AvgIpc) is 2.19. The maximum Gasteiger partial charge on any atom is 0.172 e. The molecule has 0 aliphatic rings. The summed E-state index contributed by atoms with van der Waals surface area (Å²) in [6.07, 6.45) is 1.81. The molecule has 0 heterocycles. The van der Waals surface area contributed by atoms with E-state index in [0.29, 0.717) is 5.75 Å². The summed E-state index contributed by atoms with van der Waals surface area (Å²) in [5.74, 6) is 1.55. The molecule has 0 aromatic heterocycles. The van der Waals surface area contributed by atoms with Gasteiger partial charge in [0.05, 0.1) is 5.75 Å². The third kappa shape index (κ3) is 3.84. The zero-order valence-electron chi connectivity index (χ0n) is 7.70. The van der Waals surface area contributed by atoms with Crippen LogP contribution >= 0.6 is 34.4 Å². The number of Topliss-reactive ketones (excluding diaryl/α,β-unsaturated/α-hetero) is 1. The molecular formula is C11H11IOS. The Morgan fingerprint density at radius 1 is 1.43 bits per heavy atom. The molecule has 0 saturated carbocycles. The molecule has 0 amide bonds. The summed E-state index contributed by atoms with van der Waals surface area (Å²) in [4.78, 5) is 11.6. The Labute approximate surface area is 102 Å². The van der Waals surface area contributed by atoms with E-state index in [9.17, 15) is 4.79 Å². The van der Waals surface area contributed by atoms with Gasteiger partial charge in [-0.05, 0) is 34.7 Å². The molecule has 0 bridgehead atoms. The van der Waals surface area contributed by atoms with Gasteiger partial charge < -0.3 is 0 Å². The summed E-state index contributed by atoms with van der Waals surface area (Å²) in [5, 5.41) is 0. The third-order valence-electron chi connectivity index (χ3n) is 1.64. The SMILES string of the molecule is C=CCSCC(=O)c1ccc(I)cc1. The molecule has 0 N–H and O–H groups in total. The Hall–Kier alpha value is -0.290. The van der Waals surface area contributed by atoms with Crippen molar-refractivity contribution in [3.05, 3.63) is 46.1 Å². The zero-order chi connectivity index (χ0) is 10.4. The van der Waals surface area contributed by atoms with Crippen molar-refractivity contribution in [2.75, 3.05) is 11.5 Å². The second-order valence-electron chi connectivity index (χ2n) is 2.73. The van der Waals surface area contributed by atoms with E-state index in [1.165, 1.54) is 0 Å². The van der Waals surface area contributed by atoms with E-state index < -0.39 is 0 Å². The number of carbonyl (C=O) groups excluding carboxylic acids is 1. The lowest BCUT2D eigenvalue weighted by Gasteiger charge is -1.99. The van der Waals surface area contributed by atoms with Crippen molar-refractivity contribution in [3.63, 3.8) is 0 Å². The number of hydrogen-bond donors (Lipinski definition) is 0. The first-order valence-electron chi connectivity index (χ1n) is 4.21. The van der Waals surface area contributed by atoms with E-state index in [1.54, 1.807) is 11.8 Å². The quantitative estimate of drug-likeness (QED) is 0.358. The second kappa shape index (κ2) is 6.24. The van der Waals surface area contributed by atoms with Gasteiger partial charge in [0, 0.05) is 14.9 Å². The lowest BCUT2D eigenvalue weighted by atomic mass is 10.2. The minimum absolute atomic E-state index is 0.188. The maximum atomic E-state index is 11.6. The lowest BCUT2D eigenvalue weighted by molar-refractivity contribution is 0.102. The van der Waals surface area contributed by atoms with Gasteiger partial charge in [0.1, 0.15) is 0 Å². The smallest absolute Gasteiger partial charge is 0.172 e. The fraction of sp³-hybridized carbons (Fsp3) is 0.182. The van der Waals surface area contributed by atoms with Gasteiger partial charge in [-0.1, -0.05) is 18.2 Å². The van der Waals surface area contributed by atoms with Crippen LogP contribution in [-0.4, -0.2) is 17.3 Å². The van der Waals surface area contributed by atoms with Crippen molar-refractivity contribution in [2.45, 2.75) is 0 Å². The Kier molecular flexibility index (Phi) is 5.25. The van der Waals surface area contributed by atoms with Crippen LogP contribution in [0, 0.1) is 3.57 Å². The molecule has 0 saturated heterocycles. The standard InChI is InChI=1S/C11H11IOS/c1-2-7-14-8-11(13)9-3-5-10(12)6-4-9/h2-6H,1,7-8H2. The molecular weight excluding hydrogens is 307 g/mol. The molecule has 0 fully saturated rings. The monoisotopic (exact) mass is 318 g/mol. The van der Waals surface area contributed by atoms with Crippen molar-refractivity contribution in [1.82, 2.24) is 0 Å². The van der Waals surface area contributed by atoms with Gasteiger partial charge in [0.15, 0.2) is 5.78 Å². The first-order chi connectivity index (χ1) is 6.74. The van der Waals surface area contributed by atoms with Crippen LogP contribution in [0.1, 0.15) is 10.4 Å². The van der Waals surface area contributed by atoms with E-state index in [1.807, 2.05) is 30.3 Å². The average molecular weight is 318 g/mol. The maximum absolute atomic E-state index is 11.6. The van der Waals surface area contributed by atoms with Crippen LogP contribution in [-0.2, 0) is 0 Å². The van der Waals surface area contributed by atoms with Gasteiger partial charge >= 0.3 is 0 Å². The topological polar surface area (TPSA) is 17.1 Å². The highest BCUT2D eigenvalue weighted by Crippen LogP contribution is 2.10. The number of carbonyl (C=O) groups is 1. The number of hydrogen-bond acceptors (Lipinski definition) is 2. The highest BCUT2D eigenvalue weighted by Gasteiger charge is 2.04. The number of halogens is 1. The number of ketones is 1. The van der Waals surface area contributed by atoms with Crippen LogP contribution < -0.4 is 0 Å². The number of thioether (sulfide) groups is 1. The summed E-state index contributed by atoms with van der Waals surface area (Å²) in [7, 11) is 0. The van der Waals surface area contributed by atoms with Gasteiger partial charge in [-0.3, -0.25) is 4.79 Å². The molecule has 0 unspecified atom stereocenters. The van der Waals surface area contributed by atoms with Crippen LogP contribution in [0.25, 0.3) is 0 Å². The number of benzene rings is 1. The van der Waals surface area contributed by atoms with Crippen LogP contribution in [0.4, 0.5) is 0 Å². The summed E-state index contributed by atoms with van der Waals surface area (Å²) < 4.78 is 1.15. The van der Waals surface area contributed by atoms with Crippen molar-refractivity contribution in [1.29, 1.82) is 0 Å². The summed E-state index contributed by atoms with van der Waals surface area (Å²) in [6, 6.07) is 7.65. The van der Waals surface area contributed by atoms with Gasteiger partial charge in [-0.25, -0.2) is 0 Å². The Bertz CT molecular complexity index is 319. The van der Waals surface area contributed by atoms with Crippen LogP contribution in [0.2, 0.25) is 0 Å². The van der Waals surface area contributed by atoms with Gasteiger partial charge in [-0.15, -0.1) is 18.3 Å². The molecule has 14 heavy (non-hydrogen) atoms. The summed E-state index contributed by atoms with van der Waals surface area (Å²) in [5.41, 5.74) is 0.793. The predicted octanol–water partition coefficient (Wildman–Crippen LogP) is 3.39.